The number of aliphatic hydroxyl groups is 1. The minimum Gasteiger partial charge on any atom is -0.479 e. The van der Waals surface area contributed by atoms with Crippen LogP contribution in [0.1, 0.15) is 19.8 Å². The third-order valence-corrected chi connectivity index (χ3v) is 5.40. The second-order valence-electron chi connectivity index (χ2n) is 5.38. The van der Waals surface area contributed by atoms with Crippen molar-refractivity contribution in [2.24, 2.45) is 0 Å². The first-order valence-electron chi connectivity index (χ1n) is 6.98. The summed E-state index contributed by atoms with van der Waals surface area (Å²) in [5.41, 5.74) is -1.70. The van der Waals surface area contributed by atoms with Gasteiger partial charge in [0, 0.05) is 35.3 Å². The van der Waals surface area contributed by atoms with E-state index in [0.717, 1.165) is 9.37 Å². The summed E-state index contributed by atoms with van der Waals surface area (Å²) in [6, 6.07) is 7.73. The molecule has 0 saturated carbocycles. The minimum atomic E-state index is -1.70. The number of benzene rings is 1. The van der Waals surface area contributed by atoms with Gasteiger partial charge in [0.05, 0.1) is 5.25 Å². The molecule has 1 amide bonds. The van der Waals surface area contributed by atoms with Gasteiger partial charge in [0.15, 0.2) is 5.60 Å². The van der Waals surface area contributed by atoms with Crippen LogP contribution in [0.3, 0.4) is 0 Å². The van der Waals surface area contributed by atoms with Crippen LogP contribution in [0.5, 0.6) is 0 Å². The molecule has 1 aromatic carbocycles. The van der Waals surface area contributed by atoms with Crippen LogP contribution in [-0.4, -0.2) is 50.9 Å². The molecule has 120 valence electrons. The van der Waals surface area contributed by atoms with E-state index < -0.39 is 11.6 Å². The lowest BCUT2D eigenvalue weighted by molar-refractivity contribution is -0.165. The van der Waals surface area contributed by atoms with Gasteiger partial charge in [-0.05, 0) is 31.2 Å². The number of piperidine rings is 1. The van der Waals surface area contributed by atoms with Gasteiger partial charge < -0.3 is 15.1 Å². The van der Waals surface area contributed by atoms with Crippen molar-refractivity contribution in [3.8, 4) is 0 Å². The molecular weight excluding hydrogens is 370 g/mol. The van der Waals surface area contributed by atoms with Gasteiger partial charge in [-0.15, -0.1) is 11.8 Å². The normalized spacial score (nSPS) is 18.8. The maximum Gasteiger partial charge on any atom is 0.335 e. The molecule has 1 heterocycles. The van der Waals surface area contributed by atoms with Crippen molar-refractivity contribution in [1.29, 1.82) is 0 Å². The zero-order chi connectivity index (χ0) is 16.3. The Kier molecular flexibility index (Phi) is 5.52. The maximum atomic E-state index is 12.4. The molecule has 1 aromatic rings. The lowest BCUT2D eigenvalue weighted by Crippen LogP contribution is -2.52. The van der Waals surface area contributed by atoms with Crippen molar-refractivity contribution in [2.75, 3.05) is 13.1 Å². The van der Waals surface area contributed by atoms with E-state index in [1.807, 2.05) is 31.2 Å². The summed E-state index contributed by atoms with van der Waals surface area (Å²) in [5.74, 6) is -1.24. The van der Waals surface area contributed by atoms with E-state index in [-0.39, 0.29) is 37.1 Å². The van der Waals surface area contributed by atoms with Crippen molar-refractivity contribution in [3.05, 3.63) is 28.7 Å². The van der Waals surface area contributed by atoms with E-state index in [1.165, 1.54) is 11.8 Å². The third kappa shape index (κ3) is 4.02. The smallest absolute Gasteiger partial charge is 0.335 e. The van der Waals surface area contributed by atoms with Gasteiger partial charge in [-0.25, -0.2) is 4.79 Å². The summed E-state index contributed by atoms with van der Waals surface area (Å²) in [4.78, 5) is 26.0. The highest BCUT2D eigenvalue weighted by molar-refractivity contribution is 9.10. The van der Waals surface area contributed by atoms with Crippen LogP contribution in [0.2, 0.25) is 0 Å². The first-order chi connectivity index (χ1) is 10.3. The molecule has 1 unspecified atom stereocenters. The van der Waals surface area contributed by atoms with E-state index in [9.17, 15) is 14.7 Å². The molecule has 0 aliphatic carbocycles. The van der Waals surface area contributed by atoms with Crippen LogP contribution in [0.15, 0.2) is 33.6 Å². The Labute approximate surface area is 141 Å². The first-order valence-corrected chi connectivity index (χ1v) is 8.66. The lowest BCUT2D eigenvalue weighted by atomic mass is 9.91. The van der Waals surface area contributed by atoms with Crippen LogP contribution in [0.4, 0.5) is 0 Å². The summed E-state index contributed by atoms with van der Waals surface area (Å²) >= 11 is 4.84. The number of hydrogen-bond donors (Lipinski definition) is 2. The molecule has 0 radical (unpaired) electrons. The third-order valence-electron chi connectivity index (χ3n) is 3.77. The zero-order valence-corrected chi connectivity index (χ0v) is 14.6. The molecule has 7 heteroatoms. The molecule has 0 bridgehead atoms. The Morgan fingerprint density at radius 2 is 1.82 bits per heavy atom. The summed E-state index contributed by atoms with van der Waals surface area (Å²) in [6.45, 7) is 2.38. The fraction of sp³-hybridized carbons (Fsp3) is 0.467. The minimum absolute atomic E-state index is 0.0274. The Hall–Kier alpha value is -1.05. The van der Waals surface area contributed by atoms with Gasteiger partial charge in [0.1, 0.15) is 0 Å². The average Bonchev–Trinajstić information content (AvgIpc) is 2.49. The predicted molar refractivity (Wildman–Crippen MR) is 87.9 cm³/mol. The van der Waals surface area contributed by atoms with E-state index in [1.54, 1.807) is 4.90 Å². The highest BCUT2D eigenvalue weighted by atomic mass is 79.9. The number of hydrogen-bond acceptors (Lipinski definition) is 4. The topological polar surface area (TPSA) is 77.8 Å². The zero-order valence-electron chi connectivity index (χ0n) is 12.2. The quantitative estimate of drug-likeness (QED) is 0.775. The molecule has 1 aliphatic heterocycles. The number of carbonyl (C=O) groups excluding carboxylic acids is 1. The van der Waals surface area contributed by atoms with E-state index >= 15 is 0 Å². The maximum absolute atomic E-state index is 12.4. The molecule has 2 N–H and O–H groups in total. The average molecular weight is 388 g/mol. The highest BCUT2D eigenvalue weighted by Crippen LogP contribution is 2.28. The van der Waals surface area contributed by atoms with Crippen LogP contribution >= 0.6 is 27.7 Å². The fourth-order valence-electron chi connectivity index (χ4n) is 2.34. The van der Waals surface area contributed by atoms with Crippen molar-refractivity contribution in [3.63, 3.8) is 0 Å². The molecule has 5 nitrogen and oxygen atoms in total. The molecule has 1 fully saturated rings. The number of rotatable bonds is 4. The van der Waals surface area contributed by atoms with Crippen molar-refractivity contribution >= 4 is 39.6 Å². The van der Waals surface area contributed by atoms with Gasteiger partial charge in [0.2, 0.25) is 5.91 Å². The number of likely N-dealkylation sites (tertiary alicyclic amines) is 1. The Bertz CT molecular complexity index is 555. The fourth-order valence-corrected chi connectivity index (χ4v) is 3.55. The summed E-state index contributed by atoms with van der Waals surface area (Å²) in [7, 11) is 0. The number of thioether (sulfide) groups is 1. The van der Waals surface area contributed by atoms with Crippen LogP contribution in [-0.2, 0) is 9.59 Å². The standard InChI is InChI=1S/C15H18BrNO4S/c1-10(22-12-4-2-11(16)3-5-12)13(18)17-8-6-15(21,7-9-17)14(19)20/h2-5,10,21H,6-9H2,1H3,(H,19,20). The molecule has 22 heavy (non-hydrogen) atoms. The van der Waals surface area contributed by atoms with Gasteiger partial charge in [-0.1, -0.05) is 15.9 Å². The van der Waals surface area contributed by atoms with E-state index in [0.29, 0.717) is 0 Å². The Morgan fingerprint density at radius 1 is 1.27 bits per heavy atom. The second-order valence-corrected chi connectivity index (χ2v) is 7.71. The van der Waals surface area contributed by atoms with Crippen molar-refractivity contribution in [2.45, 2.75) is 35.5 Å². The van der Waals surface area contributed by atoms with Gasteiger partial charge in [-0.2, -0.15) is 0 Å². The number of carbonyl (C=O) groups is 2. The number of carboxylic acid groups (broad SMARTS) is 1. The summed E-state index contributed by atoms with van der Waals surface area (Å²) in [6.07, 6.45) is 0.146. The summed E-state index contributed by atoms with van der Waals surface area (Å²) in [5, 5.41) is 18.6. The van der Waals surface area contributed by atoms with E-state index in [2.05, 4.69) is 15.9 Å². The second kappa shape index (κ2) is 7.02. The molecule has 0 spiro atoms. The highest BCUT2D eigenvalue weighted by Gasteiger charge is 2.40. The lowest BCUT2D eigenvalue weighted by Gasteiger charge is -2.36. The SMILES string of the molecule is CC(Sc1ccc(Br)cc1)C(=O)N1CCC(O)(C(=O)O)CC1. The molecule has 2 rings (SSSR count). The number of amides is 1. The first kappa shape index (κ1) is 17.3. The van der Waals surface area contributed by atoms with Crippen LogP contribution in [0.25, 0.3) is 0 Å². The molecule has 1 atom stereocenters. The summed E-state index contributed by atoms with van der Waals surface area (Å²) < 4.78 is 0.986. The number of aliphatic carboxylic acids is 1. The number of carboxylic acids is 1. The molecule has 1 saturated heterocycles. The Balaban J connectivity index is 1.92. The van der Waals surface area contributed by atoms with Gasteiger partial charge >= 0.3 is 5.97 Å². The predicted octanol–water partition coefficient (Wildman–Crippen LogP) is 2.37. The Morgan fingerprint density at radius 3 is 2.32 bits per heavy atom. The number of halogens is 1. The van der Waals surface area contributed by atoms with Gasteiger partial charge in [0.25, 0.3) is 0 Å². The molecular formula is C15H18BrNO4S. The monoisotopic (exact) mass is 387 g/mol. The van der Waals surface area contributed by atoms with Crippen molar-refractivity contribution < 1.29 is 19.8 Å². The number of nitrogens with zero attached hydrogens (tertiary/aromatic N) is 1. The van der Waals surface area contributed by atoms with E-state index in [4.69, 9.17) is 5.11 Å². The van der Waals surface area contributed by atoms with Crippen molar-refractivity contribution in [1.82, 2.24) is 4.90 Å². The molecule has 0 aromatic heterocycles. The van der Waals surface area contributed by atoms with Crippen LogP contribution in [0, 0.1) is 0 Å². The van der Waals surface area contributed by atoms with Crippen LogP contribution < -0.4 is 0 Å². The molecule has 1 aliphatic rings. The largest absolute Gasteiger partial charge is 0.479 e. The van der Waals surface area contributed by atoms with Gasteiger partial charge in [-0.3, -0.25) is 4.79 Å².